The first-order chi connectivity index (χ1) is 33.7. The molecule has 0 unspecified atom stereocenters. The Morgan fingerprint density at radius 2 is 0.618 bits per heavy atom. The predicted octanol–water partition coefficient (Wildman–Crippen LogP) is 14.9. The van der Waals surface area contributed by atoms with Crippen LogP contribution in [-0.2, 0) is 0 Å². The third-order valence-electron chi connectivity index (χ3n) is 12.8. The highest BCUT2D eigenvalue weighted by atomic mass is 15.2. The molecule has 0 aliphatic rings. The molecule has 7 nitrogen and oxygen atoms in total. The highest BCUT2D eigenvalue weighted by Gasteiger charge is 2.23. The Bertz CT molecular complexity index is 3920. The summed E-state index contributed by atoms with van der Waals surface area (Å²) in [5.41, 5.74) is 14.2. The second kappa shape index (κ2) is 16.3. The lowest BCUT2D eigenvalue weighted by Crippen LogP contribution is -2.06. The number of nitrogens with zero attached hydrogens (tertiary/aromatic N) is 7. The van der Waals surface area contributed by atoms with E-state index in [0.29, 0.717) is 23.4 Å². The van der Waals surface area contributed by atoms with E-state index in [4.69, 9.17) is 24.9 Å². The van der Waals surface area contributed by atoms with Crippen molar-refractivity contribution >= 4 is 43.6 Å². The fraction of sp³-hybridized carbons (Fsp3) is 0. The summed E-state index contributed by atoms with van der Waals surface area (Å²) < 4.78 is 4.58. The van der Waals surface area contributed by atoms with E-state index in [1.807, 2.05) is 60.7 Å². The second-order valence-corrected chi connectivity index (χ2v) is 16.9. The number of rotatable bonds is 8. The quantitative estimate of drug-likeness (QED) is 0.152. The zero-order chi connectivity index (χ0) is 45.0. The number of benzene rings is 9. The molecule has 0 spiro atoms. The van der Waals surface area contributed by atoms with Gasteiger partial charge in [-0.2, -0.15) is 9.97 Å². The predicted molar refractivity (Wildman–Crippen MR) is 277 cm³/mol. The first-order valence-electron chi connectivity index (χ1n) is 22.8. The molecule has 4 heterocycles. The first-order valence-corrected chi connectivity index (χ1v) is 22.8. The molecule has 0 bridgehead atoms. The van der Waals surface area contributed by atoms with Crippen LogP contribution in [0.5, 0.6) is 0 Å². The average molecular weight is 870 g/mol. The summed E-state index contributed by atoms with van der Waals surface area (Å²) in [6.45, 7) is 0. The Balaban J connectivity index is 0.972. The summed E-state index contributed by atoms with van der Waals surface area (Å²) >= 11 is 0. The molecule has 13 rings (SSSR count). The van der Waals surface area contributed by atoms with E-state index in [2.05, 4.69) is 185 Å². The molecule has 13 aromatic rings. The minimum atomic E-state index is 0.557. The van der Waals surface area contributed by atoms with Crippen molar-refractivity contribution < 1.29 is 0 Å². The Hall–Kier alpha value is -9.33. The van der Waals surface area contributed by atoms with Crippen molar-refractivity contribution in [2.45, 2.75) is 0 Å². The molecular weight excluding hydrogens is 831 g/mol. The SMILES string of the molecule is c1ccc(-c2ccc(-c3nc(-c4ccccc4)nc(-n4c5ccccc5c5c6c7ccccc7n(-c7ccc(-c8cc(-c9ccccc9)nc(-c9ccccc9)n8)cc7)c6ccc54)n3)cc2)cc1. The standard InChI is InChI=1S/C61H39N7/c1-5-17-40(18-6-1)41-29-31-46(32-30-41)60-64-59(45-23-11-4-12-24-45)65-61(66-60)68-53-28-16-14-26-49(53)57-55(68)38-37-54-56(57)48-25-13-15-27-52(48)67(54)47-35-33-43(34-36-47)51-39-50(42-19-7-2-8-20-42)62-58(63-51)44-21-9-3-10-22-44/h1-39H. The number of fused-ring (bicyclic) bond motifs is 7. The van der Waals surface area contributed by atoms with E-state index in [0.717, 1.165) is 94.2 Å². The van der Waals surface area contributed by atoms with Gasteiger partial charge >= 0.3 is 0 Å². The maximum Gasteiger partial charge on any atom is 0.238 e. The van der Waals surface area contributed by atoms with Crippen LogP contribution in [0, 0.1) is 0 Å². The van der Waals surface area contributed by atoms with Crippen LogP contribution in [0.15, 0.2) is 237 Å². The molecule has 0 radical (unpaired) electrons. The van der Waals surface area contributed by atoms with Crippen molar-refractivity contribution in [3.8, 4) is 79.4 Å². The maximum absolute atomic E-state index is 5.27. The molecule has 0 aliphatic carbocycles. The summed E-state index contributed by atoms with van der Waals surface area (Å²) in [6, 6.07) is 82.1. The lowest BCUT2D eigenvalue weighted by atomic mass is 10.0. The van der Waals surface area contributed by atoms with Gasteiger partial charge in [-0.25, -0.2) is 15.0 Å². The van der Waals surface area contributed by atoms with E-state index in [9.17, 15) is 0 Å². The molecular formula is C61H39N7. The van der Waals surface area contributed by atoms with Gasteiger partial charge in [-0.1, -0.05) is 194 Å². The largest absolute Gasteiger partial charge is 0.309 e. The number of aromatic nitrogens is 7. The van der Waals surface area contributed by atoms with Gasteiger partial charge in [0, 0.05) is 55.0 Å². The number of hydrogen-bond donors (Lipinski definition) is 0. The maximum atomic E-state index is 5.27. The molecule has 4 aromatic heterocycles. The summed E-state index contributed by atoms with van der Waals surface area (Å²) in [5.74, 6) is 2.47. The molecule has 68 heavy (non-hydrogen) atoms. The molecule has 0 amide bonds. The van der Waals surface area contributed by atoms with Crippen LogP contribution in [-0.4, -0.2) is 34.1 Å². The van der Waals surface area contributed by atoms with Gasteiger partial charge < -0.3 is 4.57 Å². The molecule has 0 atom stereocenters. The van der Waals surface area contributed by atoms with E-state index in [1.165, 1.54) is 5.39 Å². The Morgan fingerprint density at radius 1 is 0.250 bits per heavy atom. The van der Waals surface area contributed by atoms with E-state index < -0.39 is 0 Å². The van der Waals surface area contributed by atoms with Gasteiger partial charge in [-0.15, -0.1) is 0 Å². The van der Waals surface area contributed by atoms with E-state index in [1.54, 1.807) is 0 Å². The fourth-order valence-corrected chi connectivity index (χ4v) is 9.61. The van der Waals surface area contributed by atoms with Crippen molar-refractivity contribution in [2.75, 3.05) is 0 Å². The van der Waals surface area contributed by atoms with Gasteiger partial charge in [0.05, 0.1) is 33.5 Å². The Kier molecular flexibility index (Phi) is 9.35. The fourth-order valence-electron chi connectivity index (χ4n) is 9.61. The third-order valence-corrected chi connectivity index (χ3v) is 12.8. The zero-order valence-electron chi connectivity index (χ0n) is 36.6. The van der Waals surface area contributed by atoms with Gasteiger partial charge in [-0.3, -0.25) is 4.57 Å². The highest BCUT2D eigenvalue weighted by Crippen LogP contribution is 2.42. The molecule has 7 heteroatoms. The minimum absolute atomic E-state index is 0.557. The molecule has 318 valence electrons. The van der Waals surface area contributed by atoms with Crippen molar-refractivity contribution in [3.63, 3.8) is 0 Å². The lowest BCUT2D eigenvalue weighted by Gasteiger charge is -2.12. The van der Waals surface area contributed by atoms with Crippen LogP contribution in [0.1, 0.15) is 0 Å². The number of para-hydroxylation sites is 2. The third kappa shape index (κ3) is 6.72. The first kappa shape index (κ1) is 39.1. The van der Waals surface area contributed by atoms with Crippen molar-refractivity contribution in [2.24, 2.45) is 0 Å². The number of hydrogen-bond acceptors (Lipinski definition) is 5. The molecule has 9 aromatic carbocycles. The van der Waals surface area contributed by atoms with Gasteiger partial charge in [0.2, 0.25) is 5.95 Å². The van der Waals surface area contributed by atoms with Crippen molar-refractivity contribution in [1.82, 2.24) is 34.1 Å². The highest BCUT2D eigenvalue weighted by molar-refractivity contribution is 6.28. The van der Waals surface area contributed by atoms with Crippen LogP contribution in [0.25, 0.3) is 123 Å². The zero-order valence-corrected chi connectivity index (χ0v) is 36.6. The van der Waals surface area contributed by atoms with E-state index >= 15 is 0 Å². The van der Waals surface area contributed by atoms with Gasteiger partial charge in [0.15, 0.2) is 17.5 Å². The molecule has 0 saturated heterocycles. The molecule has 0 fully saturated rings. The summed E-state index contributed by atoms with van der Waals surface area (Å²) in [6.07, 6.45) is 0. The van der Waals surface area contributed by atoms with Crippen molar-refractivity contribution in [1.29, 1.82) is 0 Å². The van der Waals surface area contributed by atoms with Crippen LogP contribution < -0.4 is 0 Å². The van der Waals surface area contributed by atoms with Gasteiger partial charge in [0.25, 0.3) is 0 Å². The summed E-state index contributed by atoms with van der Waals surface area (Å²) in [5, 5.41) is 4.59. The lowest BCUT2D eigenvalue weighted by molar-refractivity contribution is 0.953. The Morgan fingerprint density at radius 3 is 1.16 bits per heavy atom. The monoisotopic (exact) mass is 869 g/mol. The Labute approximate surface area is 392 Å². The second-order valence-electron chi connectivity index (χ2n) is 16.9. The van der Waals surface area contributed by atoms with Gasteiger partial charge in [0.1, 0.15) is 0 Å². The summed E-state index contributed by atoms with van der Waals surface area (Å²) in [7, 11) is 0. The van der Waals surface area contributed by atoms with Crippen LogP contribution in [0.4, 0.5) is 0 Å². The van der Waals surface area contributed by atoms with Gasteiger partial charge in [-0.05, 0) is 53.6 Å². The smallest absolute Gasteiger partial charge is 0.238 e. The molecule has 0 N–H and O–H groups in total. The van der Waals surface area contributed by atoms with Crippen LogP contribution >= 0.6 is 0 Å². The van der Waals surface area contributed by atoms with Crippen LogP contribution in [0.2, 0.25) is 0 Å². The average Bonchev–Trinajstić information content (AvgIpc) is 3.95. The topological polar surface area (TPSA) is 74.3 Å². The molecule has 0 saturated carbocycles. The molecule has 0 aliphatic heterocycles. The van der Waals surface area contributed by atoms with E-state index in [-0.39, 0.29) is 0 Å². The minimum Gasteiger partial charge on any atom is -0.309 e. The summed E-state index contributed by atoms with van der Waals surface area (Å²) in [4.78, 5) is 25.7. The van der Waals surface area contributed by atoms with Crippen LogP contribution in [0.3, 0.4) is 0 Å². The van der Waals surface area contributed by atoms with Crippen molar-refractivity contribution in [3.05, 3.63) is 237 Å². The normalized spacial score (nSPS) is 11.5.